The first kappa shape index (κ1) is 20.6. The van der Waals surface area contributed by atoms with E-state index in [1.807, 2.05) is 0 Å². The first-order valence-electron chi connectivity index (χ1n) is 6.76. The molecule has 0 spiro atoms. The second-order valence-electron chi connectivity index (χ2n) is 4.10. The zero-order valence-corrected chi connectivity index (χ0v) is 14.4. The van der Waals surface area contributed by atoms with Gasteiger partial charge in [-0.1, -0.05) is 0 Å². The zero-order chi connectivity index (χ0) is 18.3. The average Bonchev–Trinajstić information content (AvgIpc) is 2.53. The van der Waals surface area contributed by atoms with Crippen LogP contribution in [0, 0.1) is 23.3 Å². The predicted molar refractivity (Wildman–Crippen MR) is 81.0 cm³/mol. The van der Waals surface area contributed by atoms with Crippen LogP contribution in [0.2, 0.25) is 0 Å². The number of thioether (sulfide) groups is 2. The van der Waals surface area contributed by atoms with Gasteiger partial charge in [-0.05, 0) is 13.8 Å². The normalized spacial score (nSPS) is 10.6. The number of carbonyl (C=O) groups is 2. The molecule has 0 fully saturated rings. The Morgan fingerprint density at radius 2 is 1.04 bits per heavy atom. The van der Waals surface area contributed by atoms with Crippen LogP contribution >= 0.6 is 23.5 Å². The van der Waals surface area contributed by atoms with Gasteiger partial charge in [0.25, 0.3) is 0 Å². The van der Waals surface area contributed by atoms with Crippen LogP contribution in [0.1, 0.15) is 13.8 Å². The highest BCUT2D eigenvalue weighted by molar-refractivity contribution is 8.00. The van der Waals surface area contributed by atoms with E-state index in [2.05, 4.69) is 9.47 Å². The van der Waals surface area contributed by atoms with Gasteiger partial charge >= 0.3 is 11.9 Å². The number of carbonyl (C=O) groups excluding carboxylic acids is 2. The molecule has 0 aliphatic heterocycles. The van der Waals surface area contributed by atoms with Gasteiger partial charge in [0.2, 0.25) is 0 Å². The Labute approximate surface area is 144 Å². The van der Waals surface area contributed by atoms with Gasteiger partial charge in [-0.15, -0.1) is 23.5 Å². The maximum absolute atomic E-state index is 13.9. The molecule has 134 valence electrons. The molecule has 1 rings (SSSR count). The van der Waals surface area contributed by atoms with Crippen LogP contribution in [0.3, 0.4) is 0 Å². The summed E-state index contributed by atoms with van der Waals surface area (Å²) in [5.74, 6) is -9.08. The molecule has 4 nitrogen and oxygen atoms in total. The van der Waals surface area contributed by atoms with Gasteiger partial charge in [-0.2, -0.15) is 0 Å². The van der Waals surface area contributed by atoms with E-state index in [0.29, 0.717) is 0 Å². The zero-order valence-electron chi connectivity index (χ0n) is 12.8. The van der Waals surface area contributed by atoms with Crippen molar-refractivity contribution in [2.45, 2.75) is 23.6 Å². The van der Waals surface area contributed by atoms with Gasteiger partial charge in [-0.25, -0.2) is 17.6 Å². The first-order valence-corrected chi connectivity index (χ1v) is 8.73. The largest absolute Gasteiger partial charge is 0.465 e. The molecular weight excluding hydrogens is 372 g/mol. The third kappa shape index (κ3) is 5.30. The van der Waals surface area contributed by atoms with Gasteiger partial charge in [0.05, 0.1) is 34.5 Å². The summed E-state index contributed by atoms with van der Waals surface area (Å²) in [5.41, 5.74) is 0. The fourth-order valence-electron chi connectivity index (χ4n) is 1.51. The van der Waals surface area contributed by atoms with Crippen molar-refractivity contribution in [2.75, 3.05) is 24.7 Å². The summed E-state index contributed by atoms with van der Waals surface area (Å²) >= 11 is 0.572. The van der Waals surface area contributed by atoms with E-state index in [4.69, 9.17) is 0 Å². The Hall–Kier alpha value is -1.42. The molecule has 1 aromatic carbocycles. The van der Waals surface area contributed by atoms with Crippen molar-refractivity contribution < 1.29 is 36.6 Å². The summed E-state index contributed by atoms with van der Waals surface area (Å²) in [5, 5.41) is 0. The molecule has 1 aromatic rings. The Bertz CT molecular complexity index is 543. The van der Waals surface area contributed by atoms with E-state index < -0.39 is 56.5 Å². The SMILES string of the molecule is CCOC(=O)CSc1c(F)c(F)c(SCC(=O)OCC)c(F)c1F. The highest BCUT2D eigenvalue weighted by Crippen LogP contribution is 2.36. The fourth-order valence-corrected chi connectivity index (χ4v) is 3.07. The van der Waals surface area contributed by atoms with Gasteiger partial charge in [0, 0.05) is 0 Å². The summed E-state index contributed by atoms with van der Waals surface area (Å²) in [6.45, 7) is 3.21. The molecule has 0 heterocycles. The molecule has 10 heteroatoms. The molecule has 0 saturated heterocycles. The van der Waals surface area contributed by atoms with Gasteiger partial charge in [0.15, 0.2) is 23.3 Å². The second kappa shape index (κ2) is 9.77. The topological polar surface area (TPSA) is 52.6 Å². The highest BCUT2D eigenvalue weighted by Gasteiger charge is 2.27. The Morgan fingerprint density at radius 1 is 0.750 bits per heavy atom. The Kier molecular flexibility index (Phi) is 8.40. The third-order valence-electron chi connectivity index (χ3n) is 2.46. The Morgan fingerprint density at radius 3 is 1.29 bits per heavy atom. The molecule has 0 radical (unpaired) electrons. The molecule has 0 N–H and O–H groups in total. The summed E-state index contributed by atoms with van der Waals surface area (Å²) in [6, 6.07) is 0. The molecule has 24 heavy (non-hydrogen) atoms. The number of rotatable bonds is 8. The van der Waals surface area contributed by atoms with E-state index in [9.17, 15) is 27.2 Å². The minimum Gasteiger partial charge on any atom is -0.465 e. The number of halogens is 4. The van der Waals surface area contributed by atoms with Crippen LogP contribution in [-0.4, -0.2) is 36.7 Å². The minimum absolute atomic E-state index is 0.0660. The van der Waals surface area contributed by atoms with Crippen LogP contribution in [0.25, 0.3) is 0 Å². The third-order valence-corrected chi connectivity index (χ3v) is 4.52. The van der Waals surface area contributed by atoms with E-state index in [0.717, 1.165) is 0 Å². The van der Waals surface area contributed by atoms with Crippen molar-refractivity contribution in [3.8, 4) is 0 Å². The molecular formula is C14H14F4O4S2. The molecule has 0 amide bonds. The average molecular weight is 386 g/mol. The van der Waals surface area contributed by atoms with Crippen molar-refractivity contribution in [3.05, 3.63) is 23.3 Å². The van der Waals surface area contributed by atoms with Gasteiger partial charge in [-0.3, -0.25) is 9.59 Å². The summed E-state index contributed by atoms with van der Waals surface area (Å²) < 4.78 is 64.8. The molecule has 0 bridgehead atoms. The summed E-state index contributed by atoms with van der Waals surface area (Å²) in [7, 11) is 0. The fraction of sp³-hybridized carbons (Fsp3) is 0.429. The van der Waals surface area contributed by atoms with E-state index in [1.54, 1.807) is 13.8 Å². The monoisotopic (exact) mass is 386 g/mol. The lowest BCUT2D eigenvalue weighted by molar-refractivity contribution is -0.140. The second-order valence-corrected chi connectivity index (χ2v) is 6.07. The number of esters is 2. The van der Waals surface area contributed by atoms with E-state index in [1.165, 1.54) is 0 Å². The van der Waals surface area contributed by atoms with Crippen LogP contribution in [-0.2, 0) is 19.1 Å². The first-order chi connectivity index (χ1) is 11.3. The van der Waals surface area contributed by atoms with Crippen LogP contribution in [0.5, 0.6) is 0 Å². The molecule has 0 aliphatic rings. The highest BCUT2D eigenvalue weighted by atomic mass is 32.2. The standard InChI is InChI=1S/C14H14F4O4S2/c1-3-21-7(19)5-23-13-9(15)11(17)14(12(18)10(13)16)24-6-8(20)22-4-2/h3-6H2,1-2H3. The number of hydrogen-bond acceptors (Lipinski definition) is 6. The van der Waals surface area contributed by atoms with E-state index in [-0.39, 0.29) is 36.7 Å². The number of ether oxygens (including phenoxy) is 2. The number of benzene rings is 1. The molecule has 0 aromatic heterocycles. The van der Waals surface area contributed by atoms with Crippen LogP contribution < -0.4 is 0 Å². The summed E-state index contributed by atoms with van der Waals surface area (Å²) in [6.07, 6.45) is 0. The molecule has 0 aliphatic carbocycles. The molecule has 0 unspecified atom stereocenters. The maximum atomic E-state index is 13.9. The van der Waals surface area contributed by atoms with Gasteiger partial charge < -0.3 is 9.47 Å². The summed E-state index contributed by atoms with van der Waals surface area (Å²) in [4.78, 5) is 20.4. The maximum Gasteiger partial charge on any atom is 0.316 e. The molecule has 0 atom stereocenters. The van der Waals surface area contributed by atoms with Crippen LogP contribution in [0.15, 0.2) is 9.79 Å². The van der Waals surface area contributed by atoms with Crippen molar-refractivity contribution in [1.82, 2.24) is 0 Å². The molecule has 0 saturated carbocycles. The van der Waals surface area contributed by atoms with Crippen molar-refractivity contribution in [3.63, 3.8) is 0 Å². The van der Waals surface area contributed by atoms with Crippen molar-refractivity contribution >= 4 is 35.5 Å². The van der Waals surface area contributed by atoms with Crippen LogP contribution in [0.4, 0.5) is 17.6 Å². The number of hydrogen-bond donors (Lipinski definition) is 0. The quantitative estimate of drug-likeness (QED) is 0.295. The minimum atomic E-state index is -1.63. The lowest BCUT2D eigenvalue weighted by atomic mass is 10.3. The van der Waals surface area contributed by atoms with Crippen molar-refractivity contribution in [2.24, 2.45) is 0 Å². The van der Waals surface area contributed by atoms with E-state index >= 15 is 0 Å². The smallest absolute Gasteiger partial charge is 0.316 e. The lowest BCUT2D eigenvalue weighted by Gasteiger charge is -2.11. The predicted octanol–water partition coefficient (Wildman–Crippen LogP) is 3.55. The lowest BCUT2D eigenvalue weighted by Crippen LogP contribution is -2.10. The van der Waals surface area contributed by atoms with Crippen molar-refractivity contribution in [1.29, 1.82) is 0 Å². The Balaban J connectivity index is 2.98. The van der Waals surface area contributed by atoms with Gasteiger partial charge in [0.1, 0.15) is 0 Å².